The SMILES string of the molecule is CCCOc1ccc(OCC(=O)Nc2ccccc2C(=O)NC)cc1. The first kappa shape index (κ1) is 18.3. The topological polar surface area (TPSA) is 76.7 Å². The van der Waals surface area contributed by atoms with E-state index in [1.807, 2.05) is 6.92 Å². The molecule has 0 aliphatic rings. The molecule has 0 fully saturated rings. The molecule has 0 atom stereocenters. The second-order valence-electron chi connectivity index (χ2n) is 5.28. The third-order valence-corrected chi connectivity index (χ3v) is 3.34. The Labute approximate surface area is 147 Å². The van der Waals surface area contributed by atoms with Crippen molar-refractivity contribution >= 4 is 17.5 Å². The summed E-state index contributed by atoms with van der Waals surface area (Å²) in [5.41, 5.74) is 0.842. The van der Waals surface area contributed by atoms with Crippen LogP contribution in [0.5, 0.6) is 11.5 Å². The third-order valence-electron chi connectivity index (χ3n) is 3.34. The highest BCUT2D eigenvalue weighted by Crippen LogP contribution is 2.18. The zero-order valence-electron chi connectivity index (χ0n) is 14.4. The number of nitrogens with one attached hydrogen (secondary N) is 2. The van der Waals surface area contributed by atoms with Gasteiger partial charge in [-0.05, 0) is 42.8 Å². The summed E-state index contributed by atoms with van der Waals surface area (Å²) in [4.78, 5) is 23.9. The van der Waals surface area contributed by atoms with Gasteiger partial charge in [0.2, 0.25) is 0 Å². The molecule has 6 nitrogen and oxygen atoms in total. The number of para-hydroxylation sites is 1. The Bertz CT molecular complexity index is 714. The van der Waals surface area contributed by atoms with Crippen LogP contribution < -0.4 is 20.1 Å². The highest BCUT2D eigenvalue weighted by molar-refractivity contribution is 6.03. The van der Waals surface area contributed by atoms with Gasteiger partial charge in [0.1, 0.15) is 11.5 Å². The zero-order chi connectivity index (χ0) is 18.1. The Morgan fingerprint density at radius 2 is 1.60 bits per heavy atom. The molecule has 0 unspecified atom stereocenters. The Morgan fingerprint density at radius 1 is 0.960 bits per heavy atom. The summed E-state index contributed by atoms with van der Waals surface area (Å²) in [6.07, 6.45) is 0.940. The lowest BCUT2D eigenvalue weighted by molar-refractivity contribution is -0.118. The smallest absolute Gasteiger partial charge is 0.262 e. The summed E-state index contributed by atoms with van der Waals surface area (Å²) >= 11 is 0. The molecular formula is C19H22N2O4. The van der Waals surface area contributed by atoms with Gasteiger partial charge in [0.15, 0.2) is 6.61 Å². The fourth-order valence-electron chi connectivity index (χ4n) is 2.11. The monoisotopic (exact) mass is 342 g/mol. The van der Waals surface area contributed by atoms with Gasteiger partial charge in [-0.3, -0.25) is 9.59 Å². The maximum Gasteiger partial charge on any atom is 0.262 e. The van der Waals surface area contributed by atoms with Crippen molar-refractivity contribution < 1.29 is 19.1 Å². The van der Waals surface area contributed by atoms with Gasteiger partial charge >= 0.3 is 0 Å². The maximum atomic E-state index is 12.1. The van der Waals surface area contributed by atoms with Crippen molar-refractivity contribution in [1.29, 1.82) is 0 Å². The number of ether oxygens (including phenoxy) is 2. The molecule has 6 heteroatoms. The molecule has 132 valence electrons. The van der Waals surface area contributed by atoms with Crippen molar-refractivity contribution in [2.45, 2.75) is 13.3 Å². The van der Waals surface area contributed by atoms with Gasteiger partial charge in [-0.1, -0.05) is 19.1 Å². The van der Waals surface area contributed by atoms with Gasteiger partial charge in [-0.2, -0.15) is 0 Å². The second-order valence-corrected chi connectivity index (χ2v) is 5.28. The molecule has 2 aromatic carbocycles. The molecule has 2 amide bonds. The van der Waals surface area contributed by atoms with Gasteiger partial charge in [0, 0.05) is 7.05 Å². The Hall–Kier alpha value is -3.02. The first-order valence-electron chi connectivity index (χ1n) is 8.10. The largest absolute Gasteiger partial charge is 0.494 e. The van der Waals surface area contributed by atoms with Crippen molar-refractivity contribution in [3.05, 3.63) is 54.1 Å². The molecule has 25 heavy (non-hydrogen) atoms. The molecular weight excluding hydrogens is 320 g/mol. The van der Waals surface area contributed by atoms with Crippen LogP contribution in [-0.4, -0.2) is 32.1 Å². The lowest BCUT2D eigenvalue weighted by Gasteiger charge is -2.11. The third kappa shape index (κ3) is 5.53. The molecule has 0 radical (unpaired) electrons. The van der Waals surface area contributed by atoms with Gasteiger partial charge in [-0.15, -0.1) is 0 Å². The van der Waals surface area contributed by atoms with E-state index in [1.165, 1.54) is 7.05 Å². The zero-order valence-corrected chi connectivity index (χ0v) is 14.4. The van der Waals surface area contributed by atoms with E-state index in [0.29, 0.717) is 23.6 Å². The van der Waals surface area contributed by atoms with E-state index in [9.17, 15) is 9.59 Å². The number of benzene rings is 2. The lowest BCUT2D eigenvalue weighted by Crippen LogP contribution is -2.24. The standard InChI is InChI=1S/C19H22N2O4/c1-3-12-24-14-8-10-15(11-9-14)25-13-18(22)21-17-7-5-4-6-16(17)19(23)20-2/h4-11H,3,12-13H2,1-2H3,(H,20,23)(H,21,22). The molecule has 0 heterocycles. The van der Waals surface area contributed by atoms with Crippen molar-refractivity contribution in [3.63, 3.8) is 0 Å². The fraction of sp³-hybridized carbons (Fsp3) is 0.263. The number of carbonyl (C=O) groups is 2. The van der Waals surface area contributed by atoms with Crippen LogP contribution in [0.3, 0.4) is 0 Å². The van der Waals surface area contributed by atoms with Crippen molar-refractivity contribution in [1.82, 2.24) is 5.32 Å². The predicted molar refractivity (Wildman–Crippen MR) is 96.2 cm³/mol. The van der Waals surface area contributed by atoms with Crippen LogP contribution in [0.15, 0.2) is 48.5 Å². The van der Waals surface area contributed by atoms with E-state index in [1.54, 1.807) is 48.5 Å². The van der Waals surface area contributed by atoms with Crippen LogP contribution in [-0.2, 0) is 4.79 Å². The van der Waals surface area contributed by atoms with Gasteiger partial charge < -0.3 is 20.1 Å². The molecule has 0 saturated heterocycles. The Balaban J connectivity index is 1.90. The van der Waals surface area contributed by atoms with E-state index in [2.05, 4.69) is 10.6 Å². The first-order valence-corrected chi connectivity index (χ1v) is 8.10. The lowest BCUT2D eigenvalue weighted by atomic mass is 10.1. The first-order chi connectivity index (χ1) is 12.1. The van der Waals surface area contributed by atoms with E-state index < -0.39 is 0 Å². The minimum absolute atomic E-state index is 0.156. The van der Waals surface area contributed by atoms with Crippen LogP contribution in [0.25, 0.3) is 0 Å². The summed E-state index contributed by atoms with van der Waals surface area (Å²) < 4.78 is 10.9. The molecule has 0 saturated carbocycles. The molecule has 0 bridgehead atoms. The number of hydrogen-bond donors (Lipinski definition) is 2. The van der Waals surface area contributed by atoms with E-state index in [0.717, 1.165) is 12.2 Å². The van der Waals surface area contributed by atoms with Crippen LogP contribution in [0.1, 0.15) is 23.7 Å². The number of amides is 2. The van der Waals surface area contributed by atoms with Gasteiger partial charge in [0.25, 0.3) is 11.8 Å². The molecule has 0 spiro atoms. The van der Waals surface area contributed by atoms with Crippen LogP contribution in [0, 0.1) is 0 Å². The van der Waals surface area contributed by atoms with Gasteiger partial charge in [0.05, 0.1) is 17.9 Å². The van der Waals surface area contributed by atoms with E-state index >= 15 is 0 Å². The molecule has 2 aromatic rings. The average molecular weight is 342 g/mol. The van der Waals surface area contributed by atoms with Crippen LogP contribution in [0.2, 0.25) is 0 Å². The summed E-state index contributed by atoms with van der Waals surface area (Å²) in [5, 5.41) is 5.22. The summed E-state index contributed by atoms with van der Waals surface area (Å²) in [6.45, 7) is 2.54. The number of anilines is 1. The number of carbonyl (C=O) groups excluding carboxylic acids is 2. The predicted octanol–water partition coefficient (Wildman–Crippen LogP) is 2.85. The van der Waals surface area contributed by atoms with Crippen molar-refractivity contribution in [2.24, 2.45) is 0 Å². The Kier molecular flexibility index (Phi) is 6.83. The van der Waals surface area contributed by atoms with Crippen LogP contribution >= 0.6 is 0 Å². The summed E-state index contributed by atoms with van der Waals surface area (Å²) in [7, 11) is 1.54. The summed E-state index contributed by atoms with van der Waals surface area (Å²) in [5.74, 6) is 0.721. The van der Waals surface area contributed by atoms with Gasteiger partial charge in [-0.25, -0.2) is 0 Å². The average Bonchev–Trinajstić information content (AvgIpc) is 2.65. The van der Waals surface area contributed by atoms with E-state index in [-0.39, 0.29) is 18.4 Å². The minimum atomic E-state index is -0.345. The minimum Gasteiger partial charge on any atom is -0.494 e. The highest BCUT2D eigenvalue weighted by Gasteiger charge is 2.12. The maximum absolute atomic E-state index is 12.1. The highest BCUT2D eigenvalue weighted by atomic mass is 16.5. The molecule has 0 aliphatic carbocycles. The molecule has 2 rings (SSSR count). The van der Waals surface area contributed by atoms with Crippen molar-refractivity contribution in [3.8, 4) is 11.5 Å². The second kappa shape index (κ2) is 9.32. The Morgan fingerprint density at radius 3 is 2.24 bits per heavy atom. The van der Waals surface area contributed by atoms with Crippen LogP contribution in [0.4, 0.5) is 5.69 Å². The van der Waals surface area contributed by atoms with Crippen molar-refractivity contribution in [2.75, 3.05) is 25.6 Å². The normalized spacial score (nSPS) is 10.0. The fourth-order valence-corrected chi connectivity index (χ4v) is 2.11. The van der Waals surface area contributed by atoms with E-state index in [4.69, 9.17) is 9.47 Å². The molecule has 0 aliphatic heterocycles. The summed E-state index contributed by atoms with van der Waals surface area (Å²) in [6, 6.07) is 13.9. The number of hydrogen-bond acceptors (Lipinski definition) is 4. The number of rotatable bonds is 8. The molecule has 0 aromatic heterocycles. The molecule has 2 N–H and O–H groups in total. The quantitative estimate of drug-likeness (QED) is 0.773.